The molecule has 0 saturated heterocycles. The number of carbonyl (C=O) groups excluding carboxylic acids is 1. The number of nitriles is 1. The molecule has 7 nitrogen and oxygen atoms in total. The summed E-state index contributed by atoms with van der Waals surface area (Å²) in [6.07, 6.45) is 1.54. The van der Waals surface area contributed by atoms with Crippen LogP contribution in [0.2, 0.25) is 5.02 Å². The van der Waals surface area contributed by atoms with Crippen LogP contribution in [0, 0.1) is 11.3 Å². The number of amides is 2. The fourth-order valence-electron chi connectivity index (χ4n) is 2.66. The van der Waals surface area contributed by atoms with Crippen LogP contribution in [0.25, 0.3) is 11.3 Å². The molecule has 3 aromatic rings. The maximum atomic E-state index is 12.3. The van der Waals surface area contributed by atoms with Crippen LogP contribution < -0.4 is 15.4 Å². The zero-order chi connectivity index (χ0) is 19.4. The molecule has 3 rings (SSSR count). The number of hydrogen-bond acceptors (Lipinski definition) is 4. The zero-order valence-corrected chi connectivity index (χ0v) is 15.4. The second-order valence-electron chi connectivity index (χ2n) is 5.62. The van der Waals surface area contributed by atoms with E-state index in [1.807, 2.05) is 6.07 Å². The highest BCUT2D eigenvalue weighted by molar-refractivity contribution is 6.33. The first-order valence-corrected chi connectivity index (χ1v) is 8.34. The molecule has 1 aromatic heterocycles. The summed E-state index contributed by atoms with van der Waals surface area (Å²) in [6, 6.07) is 13.5. The number of halogens is 1. The van der Waals surface area contributed by atoms with E-state index in [1.54, 1.807) is 67.5 Å². The van der Waals surface area contributed by atoms with Crippen LogP contribution >= 0.6 is 11.6 Å². The number of aryl methyl sites for hydroxylation is 1. The lowest BCUT2D eigenvalue weighted by Gasteiger charge is -2.13. The minimum absolute atomic E-state index is 0.379. The number of benzene rings is 2. The zero-order valence-electron chi connectivity index (χ0n) is 14.7. The molecular weight excluding hydrogens is 366 g/mol. The molecule has 8 heteroatoms. The third kappa shape index (κ3) is 3.86. The van der Waals surface area contributed by atoms with E-state index in [4.69, 9.17) is 21.6 Å². The van der Waals surface area contributed by atoms with Crippen LogP contribution in [0.1, 0.15) is 5.56 Å². The number of urea groups is 1. The fraction of sp³-hybridized carbons (Fsp3) is 0.105. The summed E-state index contributed by atoms with van der Waals surface area (Å²) in [6.45, 7) is 0. The van der Waals surface area contributed by atoms with E-state index in [-0.39, 0.29) is 0 Å². The minimum Gasteiger partial charge on any atom is -0.496 e. The van der Waals surface area contributed by atoms with Gasteiger partial charge in [0.15, 0.2) is 0 Å². The number of hydrogen-bond donors (Lipinski definition) is 2. The summed E-state index contributed by atoms with van der Waals surface area (Å²) in [7, 11) is 3.33. The van der Waals surface area contributed by atoms with Crippen molar-refractivity contribution in [1.82, 2.24) is 9.78 Å². The molecule has 1 heterocycles. The van der Waals surface area contributed by atoms with Gasteiger partial charge in [-0.3, -0.25) is 4.68 Å². The molecule has 0 spiro atoms. The van der Waals surface area contributed by atoms with E-state index in [0.29, 0.717) is 39.0 Å². The second-order valence-corrected chi connectivity index (χ2v) is 6.02. The number of nitrogens with zero attached hydrogens (tertiary/aromatic N) is 3. The van der Waals surface area contributed by atoms with Gasteiger partial charge in [0.05, 0.1) is 35.3 Å². The normalized spacial score (nSPS) is 10.1. The largest absolute Gasteiger partial charge is 0.496 e. The van der Waals surface area contributed by atoms with Gasteiger partial charge in [-0.05, 0) is 30.3 Å². The minimum atomic E-state index is -0.468. The molecule has 0 aliphatic carbocycles. The summed E-state index contributed by atoms with van der Waals surface area (Å²) in [5.74, 6) is 0.598. The SMILES string of the molecule is COc1ccc(NC(=O)Nc2ccccc2C#N)cc1-c1c(Cl)cnn1C. The Morgan fingerprint density at radius 2 is 2.04 bits per heavy atom. The van der Waals surface area contributed by atoms with Crippen molar-refractivity contribution in [2.45, 2.75) is 0 Å². The number of nitrogens with one attached hydrogen (secondary N) is 2. The molecule has 0 bridgehead atoms. The van der Waals surface area contributed by atoms with E-state index < -0.39 is 6.03 Å². The van der Waals surface area contributed by atoms with Crippen molar-refractivity contribution in [3.8, 4) is 23.1 Å². The van der Waals surface area contributed by atoms with Gasteiger partial charge >= 0.3 is 6.03 Å². The molecule has 2 N–H and O–H groups in total. The number of para-hydroxylation sites is 1. The van der Waals surface area contributed by atoms with Gasteiger partial charge in [-0.15, -0.1) is 0 Å². The molecule has 0 radical (unpaired) electrons. The van der Waals surface area contributed by atoms with Crippen molar-refractivity contribution in [1.29, 1.82) is 5.26 Å². The Kier molecular flexibility index (Phi) is 5.29. The lowest BCUT2D eigenvalue weighted by molar-refractivity contribution is 0.262. The third-order valence-electron chi connectivity index (χ3n) is 3.90. The standard InChI is InChI=1S/C19H16ClN5O2/c1-25-18(15(20)11-22-25)14-9-13(7-8-17(14)27-2)23-19(26)24-16-6-4-3-5-12(16)10-21/h3-9,11H,1-2H3,(H2,23,24,26). The van der Waals surface area contributed by atoms with E-state index >= 15 is 0 Å². The fourth-order valence-corrected chi connectivity index (χ4v) is 2.93. The smallest absolute Gasteiger partial charge is 0.323 e. The second kappa shape index (κ2) is 7.81. The summed E-state index contributed by atoms with van der Waals surface area (Å²) >= 11 is 6.24. The highest BCUT2D eigenvalue weighted by atomic mass is 35.5. The van der Waals surface area contributed by atoms with Crippen LogP contribution in [0.4, 0.5) is 16.2 Å². The Bertz CT molecular complexity index is 1020. The Labute approximate surface area is 161 Å². The van der Waals surface area contributed by atoms with Crippen molar-refractivity contribution in [2.24, 2.45) is 7.05 Å². The monoisotopic (exact) mass is 381 g/mol. The molecule has 2 amide bonds. The van der Waals surface area contributed by atoms with Crippen molar-refractivity contribution < 1.29 is 9.53 Å². The van der Waals surface area contributed by atoms with E-state index in [1.165, 1.54) is 0 Å². The summed E-state index contributed by atoms with van der Waals surface area (Å²) in [5, 5.41) is 19.1. The van der Waals surface area contributed by atoms with E-state index in [9.17, 15) is 4.79 Å². The van der Waals surface area contributed by atoms with Crippen LogP contribution in [0.3, 0.4) is 0 Å². The predicted molar refractivity (Wildman–Crippen MR) is 104 cm³/mol. The van der Waals surface area contributed by atoms with Crippen LogP contribution in [0.15, 0.2) is 48.7 Å². The van der Waals surface area contributed by atoms with Gasteiger partial charge in [0.2, 0.25) is 0 Å². The Hall–Kier alpha value is -3.50. The maximum Gasteiger partial charge on any atom is 0.323 e. The first-order chi connectivity index (χ1) is 13.0. The molecule has 0 aliphatic heterocycles. The van der Waals surface area contributed by atoms with Crippen molar-refractivity contribution in [2.75, 3.05) is 17.7 Å². The maximum absolute atomic E-state index is 12.3. The lowest BCUT2D eigenvalue weighted by Crippen LogP contribution is -2.20. The average molecular weight is 382 g/mol. The molecule has 136 valence electrons. The molecule has 0 atom stereocenters. The van der Waals surface area contributed by atoms with Gasteiger partial charge in [-0.2, -0.15) is 10.4 Å². The topological polar surface area (TPSA) is 92.0 Å². The number of carbonyl (C=O) groups is 1. The molecule has 0 aliphatic rings. The van der Waals surface area contributed by atoms with Crippen molar-refractivity contribution >= 4 is 29.0 Å². The van der Waals surface area contributed by atoms with Crippen molar-refractivity contribution in [3.05, 3.63) is 59.2 Å². The Morgan fingerprint density at radius 3 is 2.70 bits per heavy atom. The van der Waals surface area contributed by atoms with Gasteiger partial charge in [-0.25, -0.2) is 4.79 Å². The van der Waals surface area contributed by atoms with E-state index in [0.717, 1.165) is 0 Å². The number of ether oxygens (including phenoxy) is 1. The Morgan fingerprint density at radius 1 is 1.26 bits per heavy atom. The lowest BCUT2D eigenvalue weighted by atomic mass is 10.1. The van der Waals surface area contributed by atoms with Gasteiger partial charge < -0.3 is 15.4 Å². The van der Waals surface area contributed by atoms with Crippen LogP contribution in [0.5, 0.6) is 5.75 Å². The molecular formula is C19H16ClN5O2. The first kappa shape index (κ1) is 18.3. The van der Waals surface area contributed by atoms with Gasteiger partial charge in [0.1, 0.15) is 11.8 Å². The van der Waals surface area contributed by atoms with Gasteiger partial charge in [0, 0.05) is 18.3 Å². The molecule has 2 aromatic carbocycles. The third-order valence-corrected chi connectivity index (χ3v) is 4.18. The van der Waals surface area contributed by atoms with E-state index in [2.05, 4.69) is 15.7 Å². The molecule has 0 fully saturated rings. The quantitative estimate of drug-likeness (QED) is 0.706. The summed E-state index contributed by atoms with van der Waals surface area (Å²) < 4.78 is 7.03. The highest BCUT2D eigenvalue weighted by Gasteiger charge is 2.16. The highest BCUT2D eigenvalue weighted by Crippen LogP contribution is 2.36. The number of aromatic nitrogens is 2. The Balaban J connectivity index is 1.87. The van der Waals surface area contributed by atoms with Gasteiger partial charge in [-0.1, -0.05) is 23.7 Å². The molecule has 0 unspecified atom stereocenters. The summed E-state index contributed by atoms with van der Waals surface area (Å²) in [5.41, 5.74) is 2.71. The number of anilines is 2. The van der Waals surface area contributed by atoms with Crippen LogP contribution in [-0.4, -0.2) is 22.9 Å². The molecule has 27 heavy (non-hydrogen) atoms. The first-order valence-electron chi connectivity index (χ1n) is 7.96. The molecule has 0 saturated carbocycles. The number of rotatable bonds is 4. The van der Waals surface area contributed by atoms with Gasteiger partial charge in [0.25, 0.3) is 0 Å². The van der Waals surface area contributed by atoms with Crippen LogP contribution in [-0.2, 0) is 7.05 Å². The van der Waals surface area contributed by atoms with Crippen molar-refractivity contribution in [3.63, 3.8) is 0 Å². The predicted octanol–water partition coefficient (Wildman–Crippen LogP) is 4.26. The number of methoxy groups -OCH3 is 1. The summed E-state index contributed by atoms with van der Waals surface area (Å²) in [4.78, 5) is 12.3. The average Bonchev–Trinajstić information content (AvgIpc) is 3.00.